The molecule has 0 aromatic rings. The Bertz CT molecular complexity index is 308. The van der Waals surface area contributed by atoms with Gasteiger partial charge < -0.3 is 19.3 Å². The van der Waals surface area contributed by atoms with Crippen molar-refractivity contribution in [3.8, 4) is 0 Å². The SMILES string of the molecule is CC[C@]1(C)C[C@]2(O)O[C@](C)(C=O)O[C@@]2(C)O1. The van der Waals surface area contributed by atoms with Gasteiger partial charge in [-0.15, -0.1) is 0 Å². The van der Waals surface area contributed by atoms with Gasteiger partial charge in [0.25, 0.3) is 0 Å². The number of aldehydes is 1. The first-order valence-corrected chi connectivity index (χ1v) is 5.49. The van der Waals surface area contributed by atoms with Gasteiger partial charge in [0, 0.05) is 6.42 Å². The molecule has 0 saturated carbocycles. The highest BCUT2D eigenvalue weighted by atomic mass is 16.9. The van der Waals surface area contributed by atoms with Crippen LogP contribution in [0.15, 0.2) is 0 Å². The van der Waals surface area contributed by atoms with Crippen molar-refractivity contribution in [3.63, 3.8) is 0 Å². The molecule has 5 heteroatoms. The molecule has 5 nitrogen and oxygen atoms in total. The van der Waals surface area contributed by atoms with Crippen LogP contribution in [-0.2, 0) is 19.0 Å². The summed E-state index contributed by atoms with van der Waals surface area (Å²) < 4.78 is 16.6. The Morgan fingerprint density at radius 2 is 1.88 bits per heavy atom. The van der Waals surface area contributed by atoms with Gasteiger partial charge in [0.15, 0.2) is 6.29 Å². The monoisotopic (exact) mass is 230 g/mol. The molecule has 2 aliphatic heterocycles. The van der Waals surface area contributed by atoms with Gasteiger partial charge in [-0.2, -0.15) is 0 Å². The van der Waals surface area contributed by atoms with Crippen LogP contribution in [0.1, 0.15) is 40.5 Å². The standard InChI is InChI=1S/C11H18O5/c1-5-8(2)6-11(13)10(4,14-8)15-9(3,7-12)16-11/h7,13H,5-6H2,1-4H3/t8-,9-,10-,11+/m1/s1. The number of carbonyl (C=O) groups excluding carboxylic acids is 1. The molecule has 0 spiro atoms. The van der Waals surface area contributed by atoms with Crippen LogP contribution in [0.3, 0.4) is 0 Å². The van der Waals surface area contributed by atoms with E-state index in [9.17, 15) is 9.90 Å². The Kier molecular flexibility index (Phi) is 2.28. The summed E-state index contributed by atoms with van der Waals surface area (Å²) in [5, 5.41) is 10.4. The molecular weight excluding hydrogens is 212 g/mol. The molecule has 1 N–H and O–H groups in total. The second-order valence-corrected chi connectivity index (χ2v) is 5.15. The van der Waals surface area contributed by atoms with Gasteiger partial charge >= 0.3 is 0 Å². The molecule has 2 aliphatic rings. The molecule has 4 atom stereocenters. The van der Waals surface area contributed by atoms with E-state index in [-0.39, 0.29) is 6.42 Å². The average Bonchev–Trinajstić information content (AvgIpc) is 2.44. The van der Waals surface area contributed by atoms with E-state index in [1.807, 2.05) is 13.8 Å². The third-order valence-corrected chi connectivity index (χ3v) is 3.50. The fourth-order valence-corrected chi connectivity index (χ4v) is 2.47. The topological polar surface area (TPSA) is 65.0 Å². The Hall–Kier alpha value is -0.490. The zero-order valence-corrected chi connectivity index (χ0v) is 10.1. The zero-order valence-electron chi connectivity index (χ0n) is 10.1. The van der Waals surface area contributed by atoms with Crippen LogP contribution in [-0.4, -0.2) is 34.4 Å². The molecule has 2 heterocycles. The molecule has 0 bridgehead atoms. The lowest BCUT2D eigenvalue weighted by Gasteiger charge is -2.29. The van der Waals surface area contributed by atoms with Crippen LogP contribution in [0.25, 0.3) is 0 Å². The number of hydrogen-bond donors (Lipinski definition) is 1. The van der Waals surface area contributed by atoms with Crippen LogP contribution in [0.5, 0.6) is 0 Å². The molecule has 0 aliphatic carbocycles. The molecule has 2 fully saturated rings. The third kappa shape index (κ3) is 1.43. The van der Waals surface area contributed by atoms with Crippen LogP contribution in [0.2, 0.25) is 0 Å². The van der Waals surface area contributed by atoms with Gasteiger partial charge in [-0.05, 0) is 27.2 Å². The van der Waals surface area contributed by atoms with Crippen molar-refractivity contribution in [1.82, 2.24) is 0 Å². The van der Waals surface area contributed by atoms with Gasteiger partial charge in [-0.25, -0.2) is 0 Å². The lowest BCUT2D eigenvalue weighted by molar-refractivity contribution is -0.274. The molecular formula is C11H18O5. The largest absolute Gasteiger partial charge is 0.361 e. The van der Waals surface area contributed by atoms with Gasteiger partial charge in [-0.3, -0.25) is 4.79 Å². The maximum atomic E-state index is 10.9. The van der Waals surface area contributed by atoms with Crippen molar-refractivity contribution in [1.29, 1.82) is 0 Å². The third-order valence-electron chi connectivity index (χ3n) is 3.50. The van der Waals surface area contributed by atoms with E-state index in [0.717, 1.165) is 6.42 Å². The summed E-state index contributed by atoms with van der Waals surface area (Å²) in [4.78, 5) is 10.9. The molecule has 16 heavy (non-hydrogen) atoms. The number of rotatable bonds is 2. The van der Waals surface area contributed by atoms with E-state index < -0.39 is 23.0 Å². The van der Waals surface area contributed by atoms with Gasteiger partial charge in [0.05, 0.1) is 5.60 Å². The Morgan fingerprint density at radius 1 is 1.25 bits per heavy atom. The zero-order chi connectivity index (χ0) is 12.2. The Labute approximate surface area is 94.7 Å². The highest BCUT2D eigenvalue weighted by Gasteiger charge is 2.71. The summed E-state index contributed by atoms with van der Waals surface area (Å²) in [5.41, 5.74) is -0.492. The van der Waals surface area contributed by atoms with Gasteiger partial charge in [-0.1, -0.05) is 6.92 Å². The molecule has 0 amide bonds. The summed E-state index contributed by atoms with van der Waals surface area (Å²) in [6.07, 6.45) is 1.55. The summed E-state index contributed by atoms with van der Waals surface area (Å²) in [5.74, 6) is -4.28. The lowest BCUT2D eigenvalue weighted by Crippen LogP contribution is -2.45. The summed E-state index contributed by atoms with van der Waals surface area (Å²) in [6, 6.07) is 0. The Balaban J connectivity index is 2.32. The van der Waals surface area contributed by atoms with Crippen molar-refractivity contribution in [3.05, 3.63) is 0 Å². The van der Waals surface area contributed by atoms with Crippen LogP contribution in [0, 0.1) is 0 Å². The summed E-state index contributed by atoms with van der Waals surface area (Å²) >= 11 is 0. The predicted molar refractivity (Wildman–Crippen MR) is 54.4 cm³/mol. The first kappa shape index (κ1) is 12.0. The van der Waals surface area contributed by atoms with Crippen molar-refractivity contribution >= 4 is 6.29 Å². The maximum Gasteiger partial charge on any atom is 0.228 e. The van der Waals surface area contributed by atoms with Crippen LogP contribution < -0.4 is 0 Å². The van der Waals surface area contributed by atoms with E-state index in [1.165, 1.54) is 6.92 Å². The van der Waals surface area contributed by atoms with Crippen molar-refractivity contribution in [2.75, 3.05) is 0 Å². The van der Waals surface area contributed by atoms with E-state index >= 15 is 0 Å². The number of ether oxygens (including phenoxy) is 3. The molecule has 0 unspecified atom stereocenters. The second kappa shape index (κ2) is 3.04. The minimum atomic E-state index is -1.56. The molecule has 2 rings (SSSR count). The average molecular weight is 230 g/mol. The van der Waals surface area contributed by atoms with E-state index in [4.69, 9.17) is 14.2 Å². The van der Waals surface area contributed by atoms with Gasteiger partial charge in [0.1, 0.15) is 0 Å². The molecule has 0 aromatic heterocycles. The normalized spacial score (nSPS) is 56.3. The smallest absolute Gasteiger partial charge is 0.228 e. The lowest BCUT2D eigenvalue weighted by atomic mass is 9.95. The summed E-state index contributed by atoms with van der Waals surface area (Å²) in [6.45, 7) is 6.92. The summed E-state index contributed by atoms with van der Waals surface area (Å²) in [7, 11) is 0. The quantitative estimate of drug-likeness (QED) is 0.715. The first-order valence-electron chi connectivity index (χ1n) is 5.49. The predicted octanol–water partition coefficient (Wildman–Crippen LogP) is 0.942. The van der Waals surface area contributed by atoms with Crippen LogP contribution >= 0.6 is 0 Å². The molecule has 0 aromatic carbocycles. The fourth-order valence-electron chi connectivity index (χ4n) is 2.47. The highest BCUT2D eigenvalue weighted by Crippen LogP contribution is 2.54. The van der Waals surface area contributed by atoms with E-state index in [2.05, 4.69) is 0 Å². The van der Waals surface area contributed by atoms with Crippen molar-refractivity contribution in [2.45, 2.75) is 63.5 Å². The van der Waals surface area contributed by atoms with Crippen molar-refractivity contribution < 1.29 is 24.1 Å². The number of aliphatic hydroxyl groups is 1. The van der Waals surface area contributed by atoms with Gasteiger partial charge in [0.2, 0.25) is 17.4 Å². The maximum absolute atomic E-state index is 10.9. The number of hydrogen-bond acceptors (Lipinski definition) is 5. The molecule has 0 radical (unpaired) electrons. The second-order valence-electron chi connectivity index (χ2n) is 5.15. The van der Waals surface area contributed by atoms with E-state index in [0.29, 0.717) is 6.29 Å². The number of fused-ring (bicyclic) bond motifs is 1. The van der Waals surface area contributed by atoms with Crippen molar-refractivity contribution in [2.24, 2.45) is 0 Å². The fraction of sp³-hybridized carbons (Fsp3) is 0.909. The number of carbonyl (C=O) groups is 1. The highest BCUT2D eigenvalue weighted by molar-refractivity contribution is 5.60. The van der Waals surface area contributed by atoms with E-state index in [1.54, 1.807) is 6.92 Å². The van der Waals surface area contributed by atoms with Crippen LogP contribution in [0.4, 0.5) is 0 Å². The minimum absolute atomic E-state index is 0.288. The Morgan fingerprint density at radius 3 is 2.31 bits per heavy atom. The molecule has 2 saturated heterocycles. The first-order chi connectivity index (χ1) is 7.20. The molecule has 92 valence electrons. The minimum Gasteiger partial charge on any atom is -0.361 e.